The van der Waals surface area contributed by atoms with Gasteiger partial charge in [0.25, 0.3) is 0 Å². The fourth-order valence-corrected chi connectivity index (χ4v) is 5.60. The van der Waals surface area contributed by atoms with Crippen LogP contribution >= 0.6 is 0 Å². The summed E-state index contributed by atoms with van der Waals surface area (Å²) in [5.41, 5.74) is 3.70. The Hall–Kier alpha value is -1.65. The highest BCUT2D eigenvalue weighted by atomic mass is 15.2. The number of hydrogen-bond donors (Lipinski definition) is 0. The van der Waals surface area contributed by atoms with Gasteiger partial charge >= 0.3 is 0 Å². The van der Waals surface area contributed by atoms with Gasteiger partial charge in [-0.25, -0.2) is 4.98 Å². The summed E-state index contributed by atoms with van der Waals surface area (Å²) in [7, 11) is 2.10. The van der Waals surface area contributed by atoms with Crippen molar-refractivity contribution in [3.8, 4) is 0 Å². The predicted octanol–water partition coefficient (Wildman–Crippen LogP) is 3.49. The van der Waals surface area contributed by atoms with Crippen molar-refractivity contribution in [2.24, 2.45) is 7.05 Å². The molecule has 138 valence electrons. The number of aromatic nitrogens is 2. The maximum Gasteiger partial charge on any atom is 0.122 e. The standard InChI is InChI=1S/C22H30N4/c1-24-15-10-23-21(24)17-25-13-8-22(9-14-25)16-20(26-11-4-5-12-26)18-6-2-3-7-19(18)22/h2-3,6-7,10,15,20H,4-5,8-9,11-14,16-17H2,1H3/t20-/m0/s1. The molecule has 1 aromatic heterocycles. The summed E-state index contributed by atoms with van der Waals surface area (Å²) in [5, 5.41) is 0. The van der Waals surface area contributed by atoms with E-state index in [2.05, 4.69) is 56.9 Å². The fourth-order valence-electron chi connectivity index (χ4n) is 5.60. The van der Waals surface area contributed by atoms with Gasteiger partial charge in [-0.2, -0.15) is 0 Å². The van der Waals surface area contributed by atoms with E-state index in [1.165, 1.54) is 64.1 Å². The molecule has 1 aliphatic carbocycles. The lowest BCUT2D eigenvalue weighted by atomic mass is 9.73. The van der Waals surface area contributed by atoms with Gasteiger partial charge in [0, 0.05) is 25.5 Å². The second-order valence-electron chi connectivity index (χ2n) is 8.56. The molecular weight excluding hydrogens is 320 g/mol. The van der Waals surface area contributed by atoms with Crippen molar-refractivity contribution in [1.82, 2.24) is 19.4 Å². The first kappa shape index (κ1) is 16.5. The van der Waals surface area contributed by atoms with Crippen molar-refractivity contribution in [3.05, 3.63) is 53.6 Å². The zero-order valence-corrected chi connectivity index (χ0v) is 15.9. The highest BCUT2D eigenvalue weighted by molar-refractivity contribution is 5.43. The van der Waals surface area contributed by atoms with Gasteiger partial charge in [-0.1, -0.05) is 24.3 Å². The molecule has 5 rings (SSSR count). The molecule has 1 aromatic carbocycles. The molecule has 2 saturated heterocycles. The van der Waals surface area contributed by atoms with Crippen molar-refractivity contribution >= 4 is 0 Å². The first-order valence-corrected chi connectivity index (χ1v) is 10.3. The largest absolute Gasteiger partial charge is 0.337 e. The number of fused-ring (bicyclic) bond motifs is 2. The zero-order chi connectivity index (χ0) is 17.6. The lowest BCUT2D eigenvalue weighted by Crippen LogP contribution is -2.42. The monoisotopic (exact) mass is 350 g/mol. The molecule has 0 radical (unpaired) electrons. The summed E-state index contributed by atoms with van der Waals surface area (Å²) in [4.78, 5) is 9.87. The third-order valence-electron chi connectivity index (χ3n) is 7.16. The van der Waals surface area contributed by atoms with E-state index >= 15 is 0 Å². The number of piperidine rings is 1. The number of rotatable bonds is 3. The minimum atomic E-state index is 0.405. The zero-order valence-electron chi connectivity index (χ0n) is 15.9. The van der Waals surface area contributed by atoms with Crippen LogP contribution in [0.1, 0.15) is 55.1 Å². The molecule has 0 saturated carbocycles. The minimum Gasteiger partial charge on any atom is -0.337 e. The van der Waals surface area contributed by atoms with Crippen LogP contribution in [-0.4, -0.2) is 45.5 Å². The van der Waals surface area contributed by atoms with Crippen LogP contribution in [0.25, 0.3) is 0 Å². The number of hydrogen-bond acceptors (Lipinski definition) is 3. The average molecular weight is 351 g/mol. The second kappa shape index (κ2) is 6.50. The van der Waals surface area contributed by atoms with Crippen LogP contribution in [0.2, 0.25) is 0 Å². The third kappa shape index (κ3) is 2.71. The Bertz CT molecular complexity index is 766. The minimum absolute atomic E-state index is 0.405. The molecule has 0 bridgehead atoms. The van der Waals surface area contributed by atoms with E-state index in [1.54, 1.807) is 11.1 Å². The molecule has 2 fully saturated rings. The second-order valence-corrected chi connectivity index (χ2v) is 8.56. The van der Waals surface area contributed by atoms with Crippen LogP contribution in [0.3, 0.4) is 0 Å². The molecule has 4 nitrogen and oxygen atoms in total. The molecule has 2 aliphatic heterocycles. The normalized spacial score (nSPS) is 25.8. The summed E-state index contributed by atoms with van der Waals surface area (Å²) in [6.07, 6.45) is 10.6. The lowest BCUT2D eigenvalue weighted by Gasteiger charge is -2.40. The van der Waals surface area contributed by atoms with Gasteiger partial charge in [-0.3, -0.25) is 9.80 Å². The van der Waals surface area contributed by atoms with Crippen LogP contribution in [0.4, 0.5) is 0 Å². The molecule has 1 atom stereocenters. The molecule has 0 N–H and O–H groups in total. The summed E-state index contributed by atoms with van der Waals surface area (Å²) >= 11 is 0. The topological polar surface area (TPSA) is 24.3 Å². The van der Waals surface area contributed by atoms with E-state index in [0.717, 1.165) is 6.54 Å². The molecule has 0 amide bonds. The molecule has 2 aromatic rings. The van der Waals surface area contributed by atoms with E-state index in [-0.39, 0.29) is 0 Å². The molecule has 0 unspecified atom stereocenters. The summed E-state index contributed by atoms with van der Waals surface area (Å²) < 4.78 is 2.15. The number of aryl methyl sites for hydroxylation is 1. The van der Waals surface area contributed by atoms with Gasteiger partial charge in [0.05, 0.1) is 6.54 Å². The SMILES string of the molecule is Cn1ccnc1CN1CCC2(CC1)C[C@H](N1CCCC1)c1ccccc12. The van der Waals surface area contributed by atoms with E-state index in [1.807, 2.05) is 6.20 Å². The van der Waals surface area contributed by atoms with E-state index in [0.29, 0.717) is 11.5 Å². The summed E-state index contributed by atoms with van der Waals surface area (Å²) in [5.74, 6) is 1.18. The van der Waals surface area contributed by atoms with Crippen LogP contribution in [0.15, 0.2) is 36.7 Å². The maximum absolute atomic E-state index is 4.51. The Morgan fingerprint density at radius 1 is 1.08 bits per heavy atom. The molecule has 4 heteroatoms. The maximum atomic E-state index is 4.51. The first-order chi connectivity index (χ1) is 12.8. The lowest BCUT2D eigenvalue weighted by molar-refractivity contribution is 0.126. The van der Waals surface area contributed by atoms with Crippen molar-refractivity contribution in [3.63, 3.8) is 0 Å². The van der Waals surface area contributed by atoms with Crippen LogP contribution in [0.5, 0.6) is 0 Å². The fraction of sp³-hybridized carbons (Fsp3) is 0.591. The van der Waals surface area contributed by atoms with Gasteiger partial charge in [0.1, 0.15) is 5.82 Å². The Balaban J connectivity index is 1.34. The highest BCUT2D eigenvalue weighted by Crippen LogP contribution is 2.53. The Kier molecular flexibility index (Phi) is 4.13. The summed E-state index contributed by atoms with van der Waals surface area (Å²) in [6.45, 7) is 5.94. The van der Waals surface area contributed by atoms with Crippen molar-refractivity contribution in [2.75, 3.05) is 26.2 Å². The average Bonchev–Trinajstić information content (AvgIpc) is 3.39. The number of imidazole rings is 1. The number of nitrogens with zero attached hydrogens (tertiary/aromatic N) is 4. The van der Waals surface area contributed by atoms with Crippen LogP contribution < -0.4 is 0 Å². The van der Waals surface area contributed by atoms with Crippen LogP contribution in [0, 0.1) is 0 Å². The van der Waals surface area contributed by atoms with Crippen molar-refractivity contribution in [2.45, 2.75) is 50.1 Å². The van der Waals surface area contributed by atoms with Crippen molar-refractivity contribution < 1.29 is 0 Å². The van der Waals surface area contributed by atoms with E-state index < -0.39 is 0 Å². The van der Waals surface area contributed by atoms with Crippen LogP contribution in [-0.2, 0) is 19.0 Å². The number of likely N-dealkylation sites (tertiary alicyclic amines) is 2. The van der Waals surface area contributed by atoms with Gasteiger partial charge in [0.15, 0.2) is 0 Å². The van der Waals surface area contributed by atoms with E-state index in [9.17, 15) is 0 Å². The predicted molar refractivity (Wildman–Crippen MR) is 104 cm³/mol. The van der Waals surface area contributed by atoms with Gasteiger partial charge < -0.3 is 4.57 Å². The Labute approximate surface area is 156 Å². The Morgan fingerprint density at radius 2 is 1.85 bits per heavy atom. The molecule has 3 aliphatic rings. The number of benzene rings is 1. The third-order valence-corrected chi connectivity index (χ3v) is 7.16. The van der Waals surface area contributed by atoms with Gasteiger partial charge in [0.2, 0.25) is 0 Å². The molecule has 3 heterocycles. The molecule has 26 heavy (non-hydrogen) atoms. The summed E-state index contributed by atoms with van der Waals surface area (Å²) in [6, 6.07) is 10.0. The molecule has 1 spiro atoms. The quantitative estimate of drug-likeness (QED) is 0.847. The Morgan fingerprint density at radius 3 is 2.58 bits per heavy atom. The highest BCUT2D eigenvalue weighted by Gasteiger charge is 2.47. The molecular formula is C22H30N4. The van der Waals surface area contributed by atoms with Gasteiger partial charge in [-0.15, -0.1) is 0 Å². The smallest absolute Gasteiger partial charge is 0.122 e. The van der Waals surface area contributed by atoms with E-state index in [4.69, 9.17) is 0 Å². The van der Waals surface area contributed by atoms with Crippen molar-refractivity contribution in [1.29, 1.82) is 0 Å². The first-order valence-electron chi connectivity index (χ1n) is 10.3. The van der Waals surface area contributed by atoms with Gasteiger partial charge in [-0.05, 0) is 74.8 Å².